The summed E-state index contributed by atoms with van der Waals surface area (Å²) in [6.07, 6.45) is 0. The largest absolute Gasteiger partial charge is 0.497 e. The van der Waals surface area contributed by atoms with E-state index in [4.69, 9.17) is 9.47 Å². The first-order valence-corrected chi connectivity index (χ1v) is 7.37. The summed E-state index contributed by atoms with van der Waals surface area (Å²) in [6.45, 7) is 12.2. The molecule has 0 aliphatic heterocycles. The SMILES string of the molecule is C=C(C(=O)OC)[C@@H](N[C@@H](C)c1ccc(OC)cc1)C(C)(C)C. The molecule has 0 aliphatic carbocycles. The van der Waals surface area contributed by atoms with Crippen LogP contribution in [0.5, 0.6) is 5.75 Å². The summed E-state index contributed by atoms with van der Waals surface area (Å²) in [6, 6.07) is 7.76. The Morgan fingerprint density at radius 3 is 2.14 bits per heavy atom. The zero-order chi connectivity index (χ0) is 16.9. The van der Waals surface area contributed by atoms with Crippen molar-refractivity contribution in [1.29, 1.82) is 0 Å². The first-order valence-electron chi connectivity index (χ1n) is 7.37. The number of hydrogen-bond acceptors (Lipinski definition) is 4. The highest BCUT2D eigenvalue weighted by atomic mass is 16.5. The zero-order valence-corrected chi connectivity index (χ0v) is 14.4. The predicted molar refractivity (Wildman–Crippen MR) is 88.9 cm³/mol. The number of nitrogens with one attached hydrogen (secondary N) is 1. The van der Waals surface area contributed by atoms with Gasteiger partial charge >= 0.3 is 5.97 Å². The van der Waals surface area contributed by atoms with Gasteiger partial charge in [0.1, 0.15) is 5.75 Å². The molecule has 0 heterocycles. The summed E-state index contributed by atoms with van der Waals surface area (Å²) in [4.78, 5) is 11.8. The fourth-order valence-electron chi connectivity index (χ4n) is 2.36. The Balaban J connectivity index is 2.93. The lowest BCUT2D eigenvalue weighted by Crippen LogP contribution is -2.44. The second-order valence-corrected chi connectivity index (χ2v) is 6.48. The second-order valence-electron chi connectivity index (χ2n) is 6.48. The Bertz CT molecular complexity index is 514. The van der Waals surface area contributed by atoms with Crippen LogP contribution in [0.1, 0.15) is 39.3 Å². The van der Waals surface area contributed by atoms with Gasteiger partial charge < -0.3 is 14.8 Å². The molecule has 0 aromatic heterocycles. The van der Waals surface area contributed by atoms with E-state index in [-0.39, 0.29) is 23.5 Å². The van der Waals surface area contributed by atoms with E-state index < -0.39 is 0 Å². The van der Waals surface area contributed by atoms with Crippen LogP contribution in [0.3, 0.4) is 0 Å². The van der Waals surface area contributed by atoms with Crippen molar-refractivity contribution in [1.82, 2.24) is 5.32 Å². The molecule has 0 saturated carbocycles. The molecule has 4 nitrogen and oxygen atoms in total. The molecule has 0 amide bonds. The molecule has 122 valence electrons. The van der Waals surface area contributed by atoms with Crippen LogP contribution in [0.4, 0.5) is 0 Å². The van der Waals surface area contributed by atoms with Gasteiger partial charge in [0, 0.05) is 17.7 Å². The normalized spacial score (nSPS) is 14.1. The average Bonchev–Trinajstić information content (AvgIpc) is 2.49. The van der Waals surface area contributed by atoms with E-state index in [0.29, 0.717) is 5.57 Å². The third-order valence-electron chi connectivity index (χ3n) is 3.69. The average molecular weight is 305 g/mol. The maximum absolute atomic E-state index is 11.8. The molecule has 4 heteroatoms. The lowest BCUT2D eigenvalue weighted by Gasteiger charge is -2.34. The molecule has 0 saturated heterocycles. The van der Waals surface area contributed by atoms with Gasteiger partial charge in [0.2, 0.25) is 0 Å². The third kappa shape index (κ3) is 4.60. The highest BCUT2D eigenvalue weighted by molar-refractivity contribution is 5.89. The fourth-order valence-corrected chi connectivity index (χ4v) is 2.36. The van der Waals surface area contributed by atoms with Crippen molar-refractivity contribution in [2.45, 2.75) is 39.8 Å². The van der Waals surface area contributed by atoms with Gasteiger partial charge in [-0.25, -0.2) is 4.79 Å². The molecular formula is C18H27NO3. The van der Waals surface area contributed by atoms with Crippen molar-refractivity contribution >= 4 is 5.97 Å². The molecule has 0 fully saturated rings. The van der Waals surface area contributed by atoms with Gasteiger partial charge in [-0.05, 0) is 30.0 Å². The van der Waals surface area contributed by atoms with Gasteiger partial charge in [-0.3, -0.25) is 0 Å². The quantitative estimate of drug-likeness (QED) is 0.645. The van der Waals surface area contributed by atoms with E-state index in [1.54, 1.807) is 7.11 Å². The van der Waals surface area contributed by atoms with E-state index in [9.17, 15) is 4.79 Å². The standard InChI is InChI=1S/C18H27NO3/c1-12(17(20)22-7)16(18(3,4)5)19-13(2)14-8-10-15(21-6)11-9-14/h8-11,13,16,19H,1H2,2-7H3/t13-,16+/m0/s1. The van der Waals surface area contributed by atoms with Crippen LogP contribution in [0.15, 0.2) is 36.4 Å². The minimum absolute atomic E-state index is 0.0662. The molecule has 1 rings (SSSR count). The van der Waals surface area contributed by atoms with Crippen LogP contribution >= 0.6 is 0 Å². The highest BCUT2D eigenvalue weighted by Crippen LogP contribution is 2.28. The number of ether oxygens (including phenoxy) is 2. The van der Waals surface area contributed by atoms with Gasteiger partial charge in [-0.2, -0.15) is 0 Å². The summed E-state index contributed by atoms with van der Waals surface area (Å²) >= 11 is 0. The smallest absolute Gasteiger partial charge is 0.334 e. The van der Waals surface area contributed by atoms with E-state index >= 15 is 0 Å². The monoisotopic (exact) mass is 305 g/mol. The Morgan fingerprint density at radius 2 is 1.73 bits per heavy atom. The van der Waals surface area contributed by atoms with Crippen molar-refractivity contribution in [2.24, 2.45) is 5.41 Å². The van der Waals surface area contributed by atoms with Gasteiger partial charge in [-0.1, -0.05) is 39.5 Å². The van der Waals surface area contributed by atoms with Gasteiger partial charge in [0.25, 0.3) is 0 Å². The third-order valence-corrected chi connectivity index (χ3v) is 3.69. The molecule has 22 heavy (non-hydrogen) atoms. The maximum Gasteiger partial charge on any atom is 0.334 e. The summed E-state index contributed by atoms with van der Waals surface area (Å²) in [7, 11) is 3.02. The number of carbonyl (C=O) groups excluding carboxylic acids is 1. The Kier molecular flexibility index (Phi) is 6.18. The number of methoxy groups -OCH3 is 2. The van der Waals surface area contributed by atoms with Crippen LogP contribution in [-0.4, -0.2) is 26.2 Å². The van der Waals surface area contributed by atoms with E-state index in [2.05, 4.69) is 39.6 Å². The highest BCUT2D eigenvalue weighted by Gasteiger charge is 2.32. The second kappa shape index (κ2) is 7.45. The van der Waals surface area contributed by atoms with Crippen molar-refractivity contribution < 1.29 is 14.3 Å². The fraction of sp³-hybridized carbons (Fsp3) is 0.500. The zero-order valence-electron chi connectivity index (χ0n) is 14.4. The first-order chi connectivity index (χ1) is 10.2. The van der Waals surface area contributed by atoms with Gasteiger partial charge in [0.15, 0.2) is 0 Å². The topological polar surface area (TPSA) is 47.6 Å². The van der Waals surface area contributed by atoms with Crippen LogP contribution in [0, 0.1) is 5.41 Å². The molecule has 0 radical (unpaired) electrons. The summed E-state index contributed by atoms with van der Waals surface area (Å²) in [5, 5.41) is 3.48. The van der Waals surface area contributed by atoms with Gasteiger partial charge in [-0.15, -0.1) is 0 Å². The predicted octanol–water partition coefficient (Wildman–Crippen LogP) is 3.49. The maximum atomic E-state index is 11.8. The minimum atomic E-state index is -0.380. The molecule has 1 aromatic rings. The summed E-state index contributed by atoms with van der Waals surface area (Å²) in [5.41, 5.74) is 1.40. The molecule has 1 N–H and O–H groups in total. The Labute approximate surface area is 133 Å². The number of esters is 1. The number of hydrogen-bond donors (Lipinski definition) is 1. The lowest BCUT2D eigenvalue weighted by molar-refractivity contribution is -0.136. The molecule has 0 unspecified atom stereocenters. The summed E-state index contributed by atoms with van der Waals surface area (Å²) < 4.78 is 9.98. The Hall–Kier alpha value is -1.81. The van der Waals surface area contributed by atoms with Crippen molar-refractivity contribution in [3.05, 3.63) is 42.0 Å². The van der Waals surface area contributed by atoms with Crippen LogP contribution < -0.4 is 10.1 Å². The Morgan fingerprint density at radius 1 is 1.18 bits per heavy atom. The lowest BCUT2D eigenvalue weighted by atomic mass is 9.82. The number of benzene rings is 1. The van der Waals surface area contributed by atoms with Gasteiger partial charge in [0.05, 0.1) is 14.2 Å². The number of carbonyl (C=O) groups is 1. The van der Waals surface area contributed by atoms with E-state index in [1.165, 1.54) is 7.11 Å². The van der Waals surface area contributed by atoms with Crippen molar-refractivity contribution in [3.8, 4) is 5.75 Å². The molecule has 0 aliphatic rings. The molecule has 1 aromatic carbocycles. The first kappa shape index (κ1) is 18.2. The molecule has 0 spiro atoms. The van der Waals surface area contributed by atoms with Crippen molar-refractivity contribution in [2.75, 3.05) is 14.2 Å². The van der Waals surface area contributed by atoms with Crippen molar-refractivity contribution in [3.63, 3.8) is 0 Å². The molecule has 0 bridgehead atoms. The molecule has 2 atom stereocenters. The molecular weight excluding hydrogens is 278 g/mol. The van der Waals surface area contributed by atoms with Crippen LogP contribution in [-0.2, 0) is 9.53 Å². The summed E-state index contributed by atoms with van der Waals surface area (Å²) in [5.74, 6) is 0.441. The van der Waals surface area contributed by atoms with E-state index in [0.717, 1.165) is 11.3 Å². The van der Waals surface area contributed by atoms with E-state index in [1.807, 2.05) is 24.3 Å². The van der Waals surface area contributed by atoms with Crippen LogP contribution in [0.25, 0.3) is 0 Å². The van der Waals surface area contributed by atoms with Crippen LogP contribution in [0.2, 0.25) is 0 Å². The number of rotatable bonds is 6. The minimum Gasteiger partial charge on any atom is -0.497 e.